The summed E-state index contributed by atoms with van der Waals surface area (Å²) >= 11 is 6.08. The molecule has 2 nitrogen and oxygen atoms in total. The summed E-state index contributed by atoms with van der Waals surface area (Å²) < 4.78 is 13.0. The molecular weight excluding hydrogens is 275 g/mol. The minimum Gasteiger partial charge on any atom is -0.312 e. The van der Waals surface area contributed by atoms with Crippen LogP contribution < -0.4 is 5.32 Å². The Morgan fingerprint density at radius 2 is 2.05 bits per heavy atom. The zero-order valence-corrected chi connectivity index (χ0v) is 11.6. The molecule has 2 aromatic carbocycles. The van der Waals surface area contributed by atoms with E-state index in [0.717, 1.165) is 24.1 Å². The summed E-state index contributed by atoms with van der Waals surface area (Å²) in [5.74, 6) is -0.211. The lowest BCUT2D eigenvalue weighted by Crippen LogP contribution is -2.17. The standard InChI is InChI=1S/C16H14ClFN2/c17-16-9-13(10-19)4-5-14(16)11-20-7-6-12-2-1-3-15(18)8-12/h1-5,8-9,20H,6-7,11H2. The number of halogens is 2. The molecule has 0 heterocycles. The van der Waals surface area contributed by atoms with Gasteiger partial charge in [0.15, 0.2) is 0 Å². The van der Waals surface area contributed by atoms with Crippen LogP contribution in [0.4, 0.5) is 4.39 Å². The van der Waals surface area contributed by atoms with E-state index in [1.165, 1.54) is 12.1 Å². The monoisotopic (exact) mass is 288 g/mol. The molecule has 0 aliphatic carbocycles. The first-order chi connectivity index (χ1) is 9.69. The predicted octanol–water partition coefficient (Wildman–Crippen LogP) is 3.68. The maximum absolute atomic E-state index is 13.0. The van der Waals surface area contributed by atoms with Crippen LogP contribution in [0.5, 0.6) is 0 Å². The van der Waals surface area contributed by atoms with Gasteiger partial charge in [-0.05, 0) is 48.4 Å². The van der Waals surface area contributed by atoms with Crippen LogP contribution in [0.25, 0.3) is 0 Å². The highest BCUT2D eigenvalue weighted by molar-refractivity contribution is 6.31. The van der Waals surface area contributed by atoms with Gasteiger partial charge < -0.3 is 5.32 Å². The fourth-order valence-corrected chi connectivity index (χ4v) is 2.16. The number of nitrogens with one attached hydrogen (secondary N) is 1. The molecular formula is C16H14ClFN2. The smallest absolute Gasteiger partial charge is 0.123 e. The van der Waals surface area contributed by atoms with Crippen molar-refractivity contribution in [2.45, 2.75) is 13.0 Å². The maximum Gasteiger partial charge on any atom is 0.123 e. The molecule has 102 valence electrons. The van der Waals surface area contributed by atoms with Gasteiger partial charge in [-0.1, -0.05) is 29.8 Å². The second-order valence-electron chi connectivity index (χ2n) is 4.47. The van der Waals surface area contributed by atoms with Gasteiger partial charge in [0, 0.05) is 11.6 Å². The van der Waals surface area contributed by atoms with Gasteiger partial charge in [0.25, 0.3) is 0 Å². The van der Waals surface area contributed by atoms with E-state index in [1.54, 1.807) is 18.2 Å². The minimum absolute atomic E-state index is 0.211. The average Bonchev–Trinajstić information content (AvgIpc) is 2.45. The molecule has 0 aliphatic heterocycles. The van der Waals surface area contributed by atoms with Crippen molar-refractivity contribution in [1.29, 1.82) is 5.26 Å². The van der Waals surface area contributed by atoms with E-state index >= 15 is 0 Å². The fourth-order valence-electron chi connectivity index (χ4n) is 1.91. The Kier molecular flexibility index (Phi) is 5.11. The van der Waals surface area contributed by atoms with E-state index < -0.39 is 0 Å². The third-order valence-electron chi connectivity index (χ3n) is 2.98. The van der Waals surface area contributed by atoms with Gasteiger partial charge in [-0.15, -0.1) is 0 Å². The largest absolute Gasteiger partial charge is 0.312 e. The average molecular weight is 289 g/mol. The molecule has 0 amide bonds. The molecule has 1 N–H and O–H groups in total. The number of hydrogen-bond acceptors (Lipinski definition) is 2. The summed E-state index contributed by atoms with van der Waals surface area (Å²) in [6.45, 7) is 1.36. The SMILES string of the molecule is N#Cc1ccc(CNCCc2cccc(F)c2)c(Cl)c1. The van der Waals surface area contributed by atoms with E-state index in [4.69, 9.17) is 16.9 Å². The normalized spacial score (nSPS) is 10.2. The molecule has 0 aliphatic rings. The summed E-state index contributed by atoms with van der Waals surface area (Å²) in [5.41, 5.74) is 2.46. The molecule has 0 atom stereocenters. The Morgan fingerprint density at radius 1 is 1.20 bits per heavy atom. The first kappa shape index (κ1) is 14.5. The van der Waals surface area contributed by atoms with Gasteiger partial charge in [-0.3, -0.25) is 0 Å². The van der Waals surface area contributed by atoms with E-state index in [9.17, 15) is 4.39 Å². The lowest BCUT2D eigenvalue weighted by molar-refractivity contribution is 0.622. The van der Waals surface area contributed by atoms with E-state index in [-0.39, 0.29) is 5.82 Å². The zero-order chi connectivity index (χ0) is 14.4. The number of nitriles is 1. The van der Waals surface area contributed by atoms with Crippen molar-refractivity contribution in [3.8, 4) is 6.07 Å². The first-order valence-electron chi connectivity index (χ1n) is 6.33. The second kappa shape index (κ2) is 7.04. The third-order valence-corrected chi connectivity index (χ3v) is 3.33. The van der Waals surface area contributed by atoms with Crippen molar-refractivity contribution < 1.29 is 4.39 Å². The van der Waals surface area contributed by atoms with Gasteiger partial charge in [0.1, 0.15) is 5.82 Å². The fraction of sp³-hybridized carbons (Fsp3) is 0.188. The van der Waals surface area contributed by atoms with Crippen molar-refractivity contribution in [1.82, 2.24) is 5.32 Å². The molecule has 0 saturated heterocycles. The molecule has 0 fully saturated rings. The van der Waals surface area contributed by atoms with Gasteiger partial charge in [0.05, 0.1) is 11.6 Å². The third kappa shape index (κ3) is 4.06. The summed E-state index contributed by atoms with van der Waals surface area (Å²) in [4.78, 5) is 0. The van der Waals surface area contributed by atoms with E-state index in [0.29, 0.717) is 17.1 Å². The van der Waals surface area contributed by atoms with Crippen LogP contribution in [0.1, 0.15) is 16.7 Å². The number of hydrogen-bond donors (Lipinski definition) is 1. The summed E-state index contributed by atoms with van der Waals surface area (Å²) in [5, 5.41) is 12.6. The topological polar surface area (TPSA) is 35.8 Å². The van der Waals surface area contributed by atoms with Gasteiger partial charge >= 0.3 is 0 Å². The number of rotatable bonds is 5. The molecule has 0 unspecified atom stereocenters. The van der Waals surface area contributed by atoms with Crippen molar-refractivity contribution in [3.05, 3.63) is 70.0 Å². The van der Waals surface area contributed by atoms with Crippen LogP contribution in [-0.2, 0) is 13.0 Å². The van der Waals surface area contributed by atoms with Crippen LogP contribution in [0.2, 0.25) is 5.02 Å². The second-order valence-corrected chi connectivity index (χ2v) is 4.88. The van der Waals surface area contributed by atoms with Crippen molar-refractivity contribution >= 4 is 11.6 Å². The Balaban J connectivity index is 1.83. The van der Waals surface area contributed by atoms with E-state index in [1.807, 2.05) is 18.2 Å². The molecule has 2 rings (SSSR count). The molecule has 20 heavy (non-hydrogen) atoms. The van der Waals surface area contributed by atoms with Gasteiger partial charge in [0.2, 0.25) is 0 Å². The lowest BCUT2D eigenvalue weighted by atomic mass is 10.1. The number of benzene rings is 2. The predicted molar refractivity (Wildman–Crippen MR) is 78.0 cm³/mol. The zero-order valence-electron chi connectivity index (χ0n) is 10.9. The Bertz CT molecular complexity index is 635. The minimum atomic E-state index is -0.211. The lowest BCUT2D eigenvalue weighted by Gasteiger charge is -2.07. The Labute approximate surface area is 122 Å². The van der Waals surface area contributed by atoms with Crippen LogP contribution >= 0.6 is 11.6 Å². The Hall–Kier alpha value is -1.89. The number of nitrogens with zero attached hydrogens (tertiary/aromatic N) is 1. The molecule has 4 heteroatoms. The Morgan fingerprint density at radius 3 is 2.75 bits per heavy atom. The summed E-state index contributed by atoms with van der Waals surface area (Å²) in [7, 11) is 0. The molecule has 2 aromatic rings. The first-order valence-corrected chi connectivity index (χ1v) is 6.70. The van der Waals surface area contributed by atoms with E-state index in [2.05, 4.69) is 5.32 Å². The maximum atomic E-state index is 13.0. The quantitative estimate of drug-likeness (QED) is 0.852. The van der Waals surface area contributed by atoms with Gasteiger partial charge in [-0.2, -0.15) is 5.26 Å². The van der Waals surface area contributed by atoms with Crippen molar-refractivity contribution in [3.63, 3.8) is 0 Å². The highest BCUT2D eigenvalue weighted by Gasteiger charge is 2.02. The highest BCUT2D eigenvalue weighted by atomic mass is 35.5. The summed E-state index contributed by atoms with van der Waals surface area (Å²) in [6, 6.07) is 13.9. The van der Waals surface area contributed by atoms with Crippen LogP contribution in [0.15, 0.2) is 42.5 Å². The van der Waals surface area contributed by atoms with Crippen LogP contribution in [-0.4, -0.2) is 6.54 Å². The van der Waals surface area contributed by atoms with Crippen molar-refractivity contribution in [2.24, 2.45) is 0 Å². The molecule has 0 aromatic heterocycles. The van der Waals surface area contributed by atoms with Gasteiger partial charge in [-0.25, -0.2) is 4.39 Å². The highest BCUT2D eigenvalue weighted by Crippen LogP contribution is 2.17. The summed E-state index contributed by atoms with van der Waals surface area (Å²) in [6.07, 6.45) is 0.756. The van der Waals surface area contributed by atoms with Crippen molar-refractivity contribution in [2.75, 3.05) is 6.54 Å². The molecule has 0 bridgehead atoms. The molecule has 0 radical (unpaired) electrons. The van der Waals surface area contributed by atoms with Crippen LogP contribution in [0.3, 0.4) is 0 Å². The van der Waals surface area contributed by atoms with Crippen LogP contribution in [0, 0.1) is 17.1 Å². The molecule has 0 spiro atoms. The molecule has 0 saturated carbocycles.